The molecule has 0 fully saturated rings. The third kappa shape index (κ3) is 3.79. The normalized spacial score (nSPS) is 12.4. The highest BCUT2D eigenvalue weighted by atomic mass is 35.5. The van der Waals surface area contributed by atoms with Gasteiger partial charge in [-0.15, -0.1) is 0 Å². The fourth-order valence-electron chi connectivity index (χ4n) is 2.38. The van der Waals surface area contributed by atoms with Crippen LogP contribution in [0.3, 0.4) is 0 Å². The molecule has 0 aromatic heterocycles. The highest BCUT2D eigenvalue weighted by Gasteiger charge is 2.17. The minimum Gasteiger partial charge on any atom is -0.306 e. The van der Waals surface area contributed by atoms with Crippen LogP contribution in [0.2, 0.25) is 10.0 Å². The van der Waals surface area contributed by atoms with E-state index in [2.05, 4.69) is 30.4 Å². The van der Waals surface area contributed by atoms with Gasteiger partial charge in [-0.3, -0.25) is 0 Å². The summed E-state index contributed by atoms with van der Waals surface area (Å²) < 4.78 is 0. The van der Waals surface area contributed by atoms with Gasteiger partial charge in [0.25, 0.3) is 0 Å². The molecular weight excluding hydrogens is 301 g/mol. The van der Waals surface area contributed by atoms with E-state index in [1.165, 1.54) is 0 Å². The zero-order valence-electron chi connectivity index (χ0n) is 12.7. The zero-order chi connectivity index (χ0) is 15.4. The van der Waals surface area contributed by atoms with Crippen LogP contribution in [0.5, 0.6) is 0 Å². The van der Waals surface area contributed by atoms with E-state index in [-0.39, 0.29) is 6.04 Å². The molecule has 0 spiro atoms. The Balaban J connectivity index is 2.47. The predicted octanol–water partition coefficient (Wildman–Crippen LogP) is 5.70. The van der Waals surface area contributed by atoms with Gasteiger partial charge in [-0.05, 0) is 55.1 Å². The number of hydrogen-bond donors (Lipinski definition) is 1. The maximum atomic E-state index is 6.51. The highest BCUT2D eigenvalue weighted by Crippen LogP contribution is 2.32. The molecule has 112 valence electrons. The third-order valence-corrected chi connectivity index (χ3v) is 4.58. The first kappa shape index (κ1) is 16.4. The number of benzene rings is 2. The van der Waals surface area contributed by atoms with Gasteiger partial charge >= 0.3 is 0 Å². The van der Waals surface area contributed by atoms with Crippen LogP contribution in [-0.4, -0.2) is 6.54 Å². The highest BCUT2D eigenvalue weighted by molar-refractivity contribution is 6.32. The summed E-state index contributed by atoms with van der Waals surface area (Å²) in [4.78, 5) is 0. The summed E-state index contributed by atoms with van der Waals surface area (Å²) in [6, 6.07) is 12.4. The summed E-state index contributed by atoms with van der Waals surface area (Å²) in [6.45, 7) is 7.13. The van der Waals surface area contributed by atoms with Crippen molar-refractivity contribution < 1.29 is 0 Å². The van der Waals surface area contributed by atoms with Crippen LogP contribution in [-0.2, 0) is 0 Å². The molecule has 0 saturated carbocycles. The van der Waals surface area contributed by atoms with Crippen molar-refractivity contribution in [1.82, 2.24) is 5.32 Å². The summed E-state index contributed by atoms with van der Waals surface area (Å²) >= 11 is 12.8. The summed E-state index contributed by atoms with van der Waals surface area (Å²) in [5.41, 5.74) is 4.43. The molecule has 1 nitrogen and oxygen atoms in total. The minimum atomic E-state index is 0.0652. The van der Waals surface area contributed by atoms with E-state index in [4.69, 9.17) is 23.2 Å². The molecule has 0 aliphatic heterocycles. The van der Waals surface area contributed by atoms with Crippen molar-refractivity contribution in [3.8, 4) is 0 Å². The van der Waals surface area contributed by atoms with Gasteiger partial charge < -0.3 is 5.32 Å². The number of halogens is 2. The molecule has 0 amide bonds. The van der Waals surface area contributed by atoms with Gasteiger partial charge in [0.2, 0.25) is 0 Å². The van der Waals surface area contributed by atoms with Crippen LogP contribution < -0.4 is 5.32 Å². The van der Waals surface area contributed by atoms with Crippen LogP contribution in [0.25, 0.3) is 0 Å². The van der Waals surface area contributed by atoms with E-state index in [1.54, 1.807) is 0 Å². The average molecular weight is 322 g/mol. The quantitative estimate of drug-likeness (QED) is 0.744. The number of hydrogen-bond acceptors (Lipinski definition) is 1. The Morgan fingerprint density at radius 2 is 1.81 bits per heavy atom. The maximum absolute atomic E-state index is 6.51. The fourth-order valence-corrected chi connectivity index (χ4v) is 2.80. The van der Waals surface area contributed by atoms with E-state index in [9.17, 15) is 0 Å². The molecule has 2 rings (SSSR count). The Kier molecular flexibility index (Phi) is 5.69. The second-order valence-electron chi connectivity index (χ2n) is 5.37. The maximum Gasteiger partial charge on any atom is 0.0592 e. The SMILES string of the molecule is CCCNC(c1ccc(C)c(Cl)c1)c1cccc(C)c1Cl. The van der Waals surface area contributed by atoms with Gasteiger partial charge in [-0.2, -0.15) is 0 Å². The van der Waals surface area contributed by atoms with Crippen LogP contribution in [0, 0.1) is 13.8 Å². The van der Waals surface area contributed by atoms with Gasteiger partial charge in [-0.1, -0.05) is 60.5 Å². The Labute approximate surface area is 137 Å². The van der Waals surface area contributed by atoms with Crippen LogP contribution in [0.1, 0.15) is 41.6 Å². The molecule has 0 saturated heterocycles. The van der Waals surface area contributed by atoms with Crippen molar-refractivity contribution in [2.24, 2.45) is 0 Å². The fraction of sp³-hybridized carbons (Fsp3) is 0.333. The van der Waals surface area contributed by atoms with E-state index < -0.39 is 0 Å². The van der Waals surface area contributed by atoms with Crippen molar-refractivity contribution in [2.75, 3.05) is 6.54 Å². The standard InChI is InChI=1S/C18H21Cl2N/c1-4-10-21-18(14-9-8-12(2)16(19)11-14)15-7-5-6-13(3)17(15)20/h5-9,11,18,21H,4,10H2,1-3H3. The second kappa shape index (κ2) is 7.31. The summed E-state index contributed by atoms with van der Waals surface area (Å²) in [7, 11) is 0. The lowest BCUT2D eigenvalue weighted by molar-refractivity contribution is 0.598. The van der Waals surface area contributed by atoms with Gasteiger partial charge in [0.1, 0.15) is 0 Å². The topological polar surface area (TPSA) is 12.0 Å². The monoisotopic (exact) mass is 321 g/mol. The van der Waals surface area contributed by atoms with Crippen molar-refractivity contribution in [1.29, 1.82) is 0 Å². The third-order valence-electron chi connectivity index (χ3n) is 3.66. The average Bonchev–Trinajstić information content (AvgIpc) is 2.47. The number of nitrogens with one attached hydrogen (secondary N) is 1. The Morgan fingerprint density at radius 3 is 2.48 bits per heavy atom. The van der Waals surface area contributed by atoms with Crippen molar-refractivity contribution in [2.45, 2.75) is 33.2 Å². The second-order valence-corrected chi connectivity index (χ2v) is 6.16. The van der Waals surface area contributed by atoms with E-state index >= 15 is 0 Å². The van der Waals surface area contributed by atoms with E-state index in [1.807, 2.05) is 32.0 Å². The lowest BCUT2D eigenvalue weighted by Crippen LogP contribution is -2.23. The largest absolute Gasteiger partial charge is 0.306 e. The molecule has 0 aliphatic carbocycles. The van der Waals surface area contributed by atoms with Gasteiger partial charge in [-0.25, -0.2) is 0 Å². The first-order chi connectivity index (χ1) is 10.0. The number of rotatable bonds is 5. The minimum absolute atomic E-state index is 0.0652. The molecule has 0 heterocycles. The summed E-state index contributed by atoms with van der Waals surface area (Å²) in [5.74, 6) is 0. The van der Waals surface area contributed by atoms with Crippen LogP contribution in [0.15, 0.2) is 36.4 Å². The van der Waals surface area contributed by atoms with Gasteiger partial charge in [0.05, 0.1) is 6.04 Å². The zero-order valence-corrected chi connectivity index (χ0v) is 14.2. The van der Waals surface area contributed by atoms with Crippen molar-refractivity contribution in [3.63, 3.8) is 0 Å². The Morgan fingerprint density at radius 1 is 1.05 bits per heavy atom. The first-order valence-electron chi connectivity index (χ1n) is 7.29. The molecule has 0 aliphatic rings. The van der Waals surface area contributed by atoms with Crippen LogP contribution in [0.4, 0.5) is 0 Å². The molecule has 0 bridgehead atoms. The molecule has 21 heavy (non-hydrogen) atoms. The van der Waals surface area contributed by atoms with Gasteiger partial charge in [0, 0.05) is 10.0 Å². The van der Waals surface area contributed by atoms with E-state index in [0.717, 1.165) is 45.3 Å². The number of aryl methyl sites for hydroxylation is 2. The smallest absolute Gasteiger partial charge is 0.0592 e. The molecule has 1 atom stereocenters. The van der Waals surface area contributed by atoms with Gasteiger partial charge in [0.15, 0.2) is 0 Å². The Bertz CT molecular complexity index is 623. The molecule has 2 aromatic rings. The lowest BCUT2D eigenvalue weighted by Gasteiger charge is -2.22. The first-order valence-corrected chi connectivity index (χ1v) is 8.04. The molecule has 1 N–H and O–H groups in total. The summed E-state index contributed by atoms with van der Waals surface area (Å²) in [6.07, 6.45) is 1.07. The molecular formula is C18H21Cl2N. The molecule has 3 heteroatoms. The lowest BCUT2D eigenvalue weighted by atomic mass is 9.96. The van der Waals surface area contributed by atoms with Crippen LogP contribution >= 0.6 is 23.2 Å². The van der Waals surface area contributed by atoms with Crippen molar-refractivity contribution in [3.05, 3.63) is 68.7 Å². The van der Waals surface area contributed by atoms with Crippen molar-refractivity contribution >= 4 is 23.2 Å². The summed E-state index contributed by atoms with van der Waals surface area (Å²) in [5, 5.41) is 5.19. The molecule has 0 radical (unpaired) electrons. The molecule has 2 aromatic carbocycles. The van der Waals surface area contributed by atoms with E-state index in [0.29, 0.717) is 0 Å². The molecule has 1 unspecified atom stereocenters. The Hall–Kier alpha value is -1.02. The predicted molar refractivity (Wildman–Crippen MR) is 92.5 cm³/mol.